The van der Waals surface area contributed by atoms with Crippen molar-refractivity contribution in [1.82, 2.24) is 10.0 Å². The van der Waals surface area contributed by atoms with Crippen LogP contribution in [0.1, 0.15) is 20.8 Å². The van der Waals surface area contributed by atoms with Crippen LogP contribution in [0.3, 0.4) is 0 Å². The van der Waals surface area contributed by atoms with Crippen LogP contribution in [0.2, 0.25) is 0 Å². The smallest absolute Gasteiger partial charge is 0.261 e. The molecule has 1 amide bonds. The van der Waals surface area contributed by atoms with Crippen molar-refractivity contribution in [3.63, 3.8) is 0 Å². The van der Waals surface area contributed by atoms with E-state index in [4.69, 9.17) is 0 Å². The molecule has 0 aliphatic carbocycles. The Bertz CT molecular complexity index is 734. The Morgan fingerprint density at radius 3 is 2.38 bits per heavy atom. The van der Waals surface area contributed by atoms with Crippen molar-refractivity contribution in [1.29, 1.82) is 0 Å². The quantitative estimate of drug-likeness (QED) is 0.882. The molecule has 2 aromatic rings. The van der Waals surface area contributed by atoms with Crippen LogP contribution in [0.5, 0.6) is 0 Å². The average molecular weight is 324 g/mol. The minimum atomic E-state index is -3.42. The largest absolute Gasteiger partial charge is 0.347 e. The van der Waals surface area contributed by atoms with Gasteiger partial charge in [0.2, 0.25) is 10.0 Å². The predicted molar refractivity (Wildman–Crippen MR) is 82.9 cm³/mol. The van der Waals surface area contributed by atoms with E-state index in [-0.39, 0.29) is 10.8 Å². The van der Waals surface area contributed by atoms with Crippen LogP contribution in [0, 0.1) is 6.92 Å². The van der Waals surface area contributed by atoms with Gasteiger partial charge in [-0.05, 0) is 48.7 Å². The first-order chi connectivity index (χ1) is 9.94. The zero-order valence-corrected chi connectivity index (χ0v) is 13.3. The molecule has 0 bridgehead atoms. The molecule has 0 spiro atoms. The first-order valence-electron chi connectivity index (χ1n) is 6.29. The number of carbonyl (C=O) groups is 1. The maximum absolute atomic E-state index is 12.0. The van der Waals surface area contributed by atoms with E-state index in [0.29, 0.717) is 11.4 Å². The van der Waals surface area contributed by atoms with Crippen LogP contribution in [0.4, 0.5) is 0 Å². The van der Waals surface area contributed by atoms with Crippen LogP contribution in [-0.2, 0) is 16.6 Å². The fraction of sp³-hybridized carbons (Fsp3) is 0.214. The van der Waals surface area contributed by atoms with Crippen LogP contribution in [0.15, 0.2) is 40.6 Å². The summed E-state index contributed by atoms with van der Waals surface area (Å²) < 4.78 is 25.4. The lowest BCUT2D eigenvalue weighted by Gasteiger charge is -2.06. The molecule has 0 fully saturated rings. The lowest BCUT2D eigenvalue weighted by Crippen LogP contribution is -2.22. The molecule has 0 atom stereocenters. The Morgan fingerprint density at radius 2 is 1.86 bits per heavy atom. The van der Waals surface area contributed by atoms with Crippen molar-refractivity contribution >= 4 is 27.3 Å². The third kappa shape index (κ3) is 3.69. The lowest BCUT2D eigenvalue weighted by molar-refractivity contribution is 0.0954. The molecule has 0 saturated carbocycles. The topological polar surface area (TPSA) is 75.3 Å². The SMILES string of the molecule is CNS(=O)(=O)c1ccc(CNC(=O)c2sccc2C)cc1. The normalized spacial score (nSPS) is 11.3. The van der Waals surface area contributed by atoms with Gasteiger partial charge in [0.15, 0.2) is 0 Å². The Hall–Kier alpha value is -1.70. The van der Waals surface area contributed by atoms with Gasteiger partial charge in [0.1, 0.15) is 0 Å². The number of carbonyl (C=O) groups excluding carboxylic acids is 1. The summed E-state index contributed by atoms with van der Waals surface area (Å²) in [5.41, 5.74) is 1.79. The highest BCUT2D eigenvalue weighted by Gasteiger charge is 2.12. The van der Waals surface area contributed by atoms with E-state index >= 15 is 0 Å². The molecule has 1 aromatic carbocycles. The van der Waals surface area contributed by atoms with Crippen LogP contribution >= 0.6 is 11.3 Å². The third-order valence-electron chi connectivity index (χ3n) is 3.02. The summed E-state index contributed by atoms with van der Waals surface area (Å²) in [6.07, 6.45) is 0. The molecule has 2 N–H and O–H groups in total. The zero-order chi connectivity index (χ0) is 15.5. The Kier molecular flexibility index (Phi) is 4.76. The Morgan fingerprint density at radius 1 is 1.19 bits per heavy atom. The first-order valence-corrected chi connectivity index (χ1v) is 8.65. The van der Waals surface area contributed by atoms with Gasteiger partial charge in [0.25, 0.3) is 5.91 Å². The van der Waals surface area contributed by atoms with E-state index in [1.54, 1.807) is 12.1 Å². The fourth-order valence-electron chi connectivity index (χ4n) is 1.77. The van der Waals surface area contributed by atoms with E-state index in [2.05, 4.69) is 10.0 Å². The van der Waals surface area contributed by atoms with E-state index < -0.39 is 10.0 Å². The number of rotatable bonds is 5. The molecule has 1 heterocycles. The number of aryl methyl sites for hydroxylation is 1. The van der Waals surface area contributed by atoms with Crippen molar-refractivity contribution in [3.8, 4) is 0 Å². The number of sulfonamides is 1. The standard InChI is InChI=1S/C14H16N2O3S2/c1-10-7-8-20-13(10)14(17)16-9-11-3-5-12(6-4-11)21(18,19)15-2/h3-8,15H,9H2,1-2H3,(H,16,17). The molecule has 21 heavy (non-hydrogen) atoms. The second-order valence-corrected chi connectivity index (χ2v) is 7.27. The Balaban J connectivity index is 2.02. The predicted octanol–water partition coefficient (Wildman–Crippen LogP) is 1.89. The van der Waals surface area contributed by atoms with Gasteiger partial charge in [0, 0.05) is 6.54 Å². The summed E-state index contributed by atoms with van der Waals surface area (Å²) in [4.78, 5) is 12.9. The van der Waals surface area contributed by atoms with Gasteiger partial charge in [-0.25, -0.2) is 13.1 Å². The molecule has 0 radical (unpaired) electrons. The molecule has 0 aliphatic rings. The molecule has 0 aliphatic heterocycles. The van der Waals surface area contributed by atoms with Crippen molar-refractivity contribution in [2.24, 2.45) is 0 Å². The highest BCUT2D eigenvalue weighted by Crippen LogP contribution is 2.15. The summed E-state index contributed by atoms with van der Waals surface area (Å²) in [5.74, 6) is -0.116. The Labute approximate surface area is 128 Å². The highest BCUT2D eigenvalue weighted by atomic mass is 32.2. The van der Waals surface area contributed by atoms with Gasteiger partial charge in [0.05, 0.1) is 9.77 Å². The average Bonchev–Trinajstić information content (AvgIpc) is 2.91. The van der Waals surface area contributed by atoms with Gasteiger partial charge in [-0.3, -0.25) is 4.79 Å². The van der Waals surface area contributed by atoms with Crippen molar-refractivity contribution < 1.29 is 13.2 Å². The number of thiophene rings is 1. The van der Waals surface area contributed by atoms with Gasteiger partial charge >= 0.3 is 0 Å². The zero-order valence-electron chi connectivity index (χ0n) is 11.7. The van der Waals surface area contributed by atoms with E-state index in [9.17, 15) is 13.2 Å². The fourth-order valence-corrected chi connectivity index (χ4v) is 3.34. The maximum atomic E-state index is 12.0. The van der Waals surface area contributed by atoms with Crippen LogP contribution < -0.4 is 10.0 Å². The number of hydrogen-bond donors (Lipinski definition) is 2. The molecule has 2 rings (SSSR count). The minimum absolute atomic E-state index is 0.116. The van der Waals surface area contributed by atoms with Gasteiger partial charge < -0.3 is 5.32 Å². The molecule has 5 nitrogen and oxygen atoms in total. The third-order valence-corrected chi connectivity index (χ3v) is 5.47. The lowest BCUT2D eigenvalue weighted by atomic mass is 10.2. The number of hydrogen-bond acceptors (Lipinski definition) is 4. The number of nitrogens with one attached hydrogen (secondary N) is 2. The van der Waals surface area contributed by atoms with E-state index in [1.807, 2.05) is 18.4 Å². The summed E-state index contributed by atoms with van der Waals surface area (Å²) in [6, 6.07) is 8.31. The monoisotopic (exact) mass is 324 g/mol. The molecule has 7 heteroatoms. The second-order valence-electron chi connectivity index (χ2n) is 4.47. The van der Waals surface area contributed by atoms with E-state index in [0.717, 1.165) is 11.1 Å². The van der Waals surface area contributed by atoms with Crippen LogP contribution in [0.25, 0.3) is 0 Å². The van der Waals surface area contributed by atoms with Gasteiger partial charge in [-0.2, -0.15) is 0 Å². The molecule has 0 saturated heterocycles. The maximum Gasteiger partial charge on any atom is 0.261 e. The van der Waals surface area contributed by atoms with E-state index in [1.165, 1.54) is 30.5 Å². The molecule has 0 unspecified atom stereocenters. The summed E-state index contributed by atoms with van der Waals surface area (Å²) in [6.45, 7) is 2.25. The summed E-state index contributed by atoms with van der Waals surface area (Å²) >= 11 is 1.40. The summed E-state index contributed by atoms with van der Waals surface area (Å²) in [5, 5.41) is 4.70. The number of amides is 1. The number of benzene rings is 1. The molecular weight excluding hydrogens is 308 g/mol. The van der Waals surface area contributed by atoms with Crippen molar-refractivity contribution in [2.75, 3.05) is 7.05 Å². The second kappa shape index (κ2) is 6.38. The van der Waals surface area contributed by atoms with Crippen LogP contribution in [-0.4, -0.2) is 21.4 Å². The molecule has 1 aromatic heterocycles. The molecular formula is C14H16N2O3S2. The molecule has 112 valence electrons. The highest BCUT2D eigenvalue weighted by molar-refractivity contribution is 7.89. The van der Waals surface area contributed by atoms with Crippen molar-refractivity contribution in [2.45, 2.75) is 18.4 Å². The minimum Gasteiger partial charge on any atom is -0.347 e. The first kappa shape index (κ1) is 15.7. The summed E-state index contributed by atoms with van der Waals surface area (Å²) in [7, 11) is -2.06. The van der Waals surface area contributed by atoms with Gasteiger partial charge in [-0.15, -0.1) is 11.3 Å². The van der Waals surface area contributed by atoms with Gasteiger partial charge in [-0.1, -0.05) is 12.1 Å². The van der Waals surface area contributed by atoms with Crippen molar-refractivity contribution in [3.05, 3.63) is 51.7 Å².